The van der Waals surface area contributed by atoms with E-state index in [9.17, 15) is 24.0 Å². The number of ketones is 1. The molecular weight excluding hydrogens is 739 g/mol. The van der Waals surface area contributed by atoms with Gasteiger partial charge in [-0.3, -0.25) is 19.2 Å². The van der Waals surface area contributed by atoms with Crippen molar-refractivity contribution in [3.63, 3.8) is 0 Å². The average molecular weight is 818 g/mol. The van der Waals surface area contributed by atoms with Crippen molar-refractivity contribution in [2.75, 3.05) is 30.4 Å². The molecule has 0 spiro atoms. The lowest BCUT2D eigenvalue weighted by Gasteiger charge is -2.25. The first-order valence-electron chi connectivity index (χ1n) is 20.3. The van der Waals surface area contributed by atoms with E-state index >= 15 is 0 Å². The number of amides is 3. The predicted molar refractivity (Wildman–Crippen MR) is 231 cm³/mol. The van der Waals surface area contributed by atoms with Gasteiger partial charge in [0.25, 0.3) is 0 Å². The van der Waals surface area contributed by atoms with E-state index in [-0.39, 0.29) is 47.5 Å². The van der Waals surface area contributed by atoms with Crippen LogP contribution in [-0.4, -0.2) is 101 Å². The van der Waals surface area contributed by atoms with Gasteiger partial charge < -0.3 is 36.6 Å². The third-order valence-electron chi connectivity index (χ3n) is 8.55. The smallest absolute Gasteiger partial charge is 0.329 e. The summed E-state index contributed by atoms with van der Waals surface area (Å²) in [6.45, 7) is 23.7. The summed E-state index contributed by atoms with van der Waals surface area (Å²) in [6.07, 6.45) is 10.8. The van der Waals surface area contributed by atoms with Crippen LogP contribution in [0.15, 0.2) is 0 Å². The van der Waals surface area contributed by atoms with Gasteiger partial charge in [-0.1, -0.05) is 60.8 Å². The van der Waals surface area contributed by atoms with Crippen LogP contribution < -0.4 is 21.7 Å². The monoisotopic (exact) mass is 818 g/mol. The molecule has 0 saturated carbocycles. The number of carbonyl (C=O) groups excluding carboxylic acids is 5. The van der Waals surface area contributed by atoms with E-state index in [1.165, 1.54) is 30.8 Å². The summed E-state index contributed by atoms with van der Waals surface area (Å²) < 4.78 is 11.3. The topological polar surface area (TPSA) is 190 Å². The van der Waals surface area contributed by atoms with Crippen molar-refractivity contribution in [3.8, 4) is 0 Å². The molecule has 0 aromatic rings. The summed E-state index contributed by atoms with van der Waals surface area (Å²) >= 11 is 3.98. The fourth-order valence-corrected chi connectivity index (χ4v) is 7.42. The molecule has 1 rings (SSSR count). The molecule has 1 saturated heterocycles. The first-order chi connectivity index (χ1) is 25.7. The Balaban J connectivity index is 0. The van der Waals surface area contributed by atoms with E-state index in [0.29, 0.717) is 31.0 Å². The van der Waals surface area contributed by atoms with Crippen molar-refractivity contribution in [3.05, 3.63) is 0 Å². The SMILES string of the molecule is CC(C)(C)OC(=O)C(CCC(=O)C=N)NC=O.CC(C)C(=O)NC1CSCC1C.CCCCCSC(C)(C)CCOC(C)CCC(=O)NCCCCC(C)N. The number of esters is 1. The Labute approximate surface area is 342 Å². The largest absolute Gasteiger partial charge is 0.458 e. The van der Waals surface area contributed by atoms with Crippen molar-refractivity contribution in [1.29, 1.82) is 5.41 Å². The second-order valence-electron chi connectivity index (χ2n) is 16.4. The van der Waals surface area contributed by atoms with Crippen LogP contribution in [0.4, 0.5) is 0 Å². The fourth-order valence-electron chi connectivity index (χ4n) is 4.88. The number of nitrogens with one attached hydrogen (secondary N) is 4. The Morgan fingerprint density at radius 1 is 0.964 bits per heavy atom. The summed E-state index contributed by atoms with van der Waals surface area (Å²) in [5, 5.41) is 15.1. The fraction of sp³-hybridized carbons (Fsp3) is 0.854. The Kier molecular flexibility index (Phi) is 31.8. The molecule has 5 unspecified atom stereocenters. The molecule has 6 N–H and O–H groups in total. The van der Waals surface area contributed by atoms with Crippen LogP contribution in [0.1, 0.15) is 147 Å². The van der Waals surface area contributed by atoms with Gasteiger partial charge in [-0.05, 0) is 90.6 Å². The molecule has 1 heterocycles. The van der Waals surface area contributed by atoms with Gasteiger partial charge in [0.2, 0.25) is 18.2 Å². The summed E-state index contributed by atoms with van der Waals surface area (Å²) in [6, 6.07) is -0.191. The van der Waals surface area contributed by atoms with Crippen LogP contribution in [0.3, 0.4) is 0 Å². The molecule has 3 amide bonds. The second kappa shape index (κ2) is 31.9. The van der Waals surface area contributed by atoms with Gasteiger partial charge in [-0.15, -0.1) is 0 Å². The van der Waals surface area contributed by atoms with Crippen molar-refractivity contribution in [2.24, 2.45) is 17.6 Å². The normalized spacial score (nSPS) is 17.0. The molecule has 0 radical (unpaired) electrons. The number of carbonyl (C=O) groups is 5. The zero-order valence-electron chi connectivity index (χ0n) is 36.2. The number of hydrogen-bond donors (Lipinski definition) is 5. The number of rotatable bonds is 26. The number of unbranched alkanes of at least 4 members (excludes halogenated alkanes) is 3. The maximum Gasteiger partial charge on any atom is 0.329 e. The molecule has 0 aromatic heterocycles. The van der Waals surface area contributed by atoms with Gasteiger partial charge in [-0.25, -0.2) is 4.79 Å². The molecule has 322 valence electrons. The number of hydrogen-bond acceptors (Lipinski definition) is 11. The number of Topliss-reactive ketones (excluding diaryl/α,β-unsaturated/α-hetero) is 1. The third kappa shape index (κ3) is 33.7. The van der Waals surface area contributed by atoms with Gasteiger partial charge in [0.05, 0.1) is 12.3 Å². The number of ether oxygens (including phenoxy) is 2. The minimum absolute atomic E-state index is 0.0221. The summed E-state index contributed by atoms with van der Waals surface area (Å²) in [5.74, 6) is 3.60. The van der Waals surface area contributed by atoms with Crippen LogP contribution in [-0.2, 0) is 33.4 Å². The molecule has 0 aromatic carbocycles. The lowest BCUT2D eigenvalue weighted by Crippen LogP contribution is -2.41. The van der Waals surface area contributed by atoms with E-state index in [2.05, 4.69) is 62.3 Å². The maximum absolute atomic E-state index is 11.9. The molecular formula is C41H79N5O7S2. The Morgan fingerprint density at radius 2 is 1.64 bits per heavy atom. The van der Waals surface area contributed by atoms with Gasteiger partial charge in [-0.2, -0.15) is 23.5 Å². The van der Waals surface area contributed by atoms with Crippen LogP contribution >= 0.6 is 23.5 Å². The Morgan fingerprint density at radius 3 is 2.16 bits per heavy atom. The third-order valence-corrected chi connectivity index (χ3v) is 11.4. The summed E-state index contributed by atoms with van der Waals surface area (Å²) in [7, 11) is 0. The predicted octanol–water partition coefficient (Wildman–Crippen LogP) is 6.85. The highest BCUT2D eigenvalue weighted by atomic mass is 32.2. The van der Waals surface area contributed by atoms with Crippen LogP contribution in [0.5, 0.6) is 0 Å². The Bertz CT molecular complexity index is 1090. The van der Waals surface area contributed by atoms with Crippen molar-refractivity contribution in [1.82, 2.24) is 16.0 Å². The zero-order valence-corrected chi connectivity index (χ0v) is 37.8. The highest BCUT2D eigenvalue weighted by Crippen LogP contribution is 2.29. The minimum Gasteiger partial charge on any atom is -0.458 e. The lowest BCUT2D eigenvalue weighted by atomic mass is 10.1. The summed E-state index contributed by atoms with van der Waals surface area (Å²) in [5.41, 5.74) is 5.07. The van der Waals surface area contributed by atoms with E-state index in [4.69, 9.17) is 20.6 Å². The van der Waals surface area contributed by atoms with E-state index in [1.807, 2.05) is 32.5 Å². The minimum atomic E-state index is -0.851. The molecule has 1 aliphatic heterocycles. The van der Waals surface area contributed by atoms with Crippen molar-refractivity contribution in [2.45, 2.75) is 181 Å². The van der Waals surface area contributed by atoms with Gasteiger partial charge >= 0.3 is 5.97 Å². The highest BCUT2D eigenvalue weighted by molar-refractivity contribution is 8.00. The van der Waals surface area contributed by atoms with Crippen LogP contribution in [0.25, 0.3) is 0 Å². The molecule has 0 bridgehead atoms. The van der Waals surface area contributed by atoms with E-state index in [0.717, 1.165) is 51.0 Å². The first-order valence-corrected chi connectivity index (χ1v) is 22.4. The molecule has 1 aliphatic rings. The number of nitrogens with two attached hydrogens (primary N) is 1. The molecule has 12 nitrogen and oxygen atoms in total. The maximum atomic E-state index is 11.9. The van der Waals surface area contributed by atoms with Crippen molar-refractivity contribution < 1.29 is 33.4 Å². The molecule has 0 aliphatic carbocycles. The molecule has 5 atom stereocenters. The van der Waals surface area contributed by atoms with Crippen LogP contribution in [0.2, 0.25) is 0 Å². The van der Waals surface area contributed by atoms with Gasteiger partial charge in [0.1, 0.15) is 11.6 Å². The average Bonchev–Trinajstić information content (AvgIpc) is 3.50. The highest BCUT2D eigenvalue weighted by Gasteiger charge is 2.26. The van der Waals surface area contributed by atoms with Crippen LogP contribution in [0, 0.1) is 17.2 Å². The molecule has 55 heavy (non-hydrogen) atoms. The van der Waals surface area contributed by atoms with E-state index < -0.39 is 23.4 Å². The standard InChI is InChI=1S/C21H44N2O2S.C11H18N2O4.C9H17NOS/c1-6-7-10-17-26-21(4,5)14-16-25-19(3)12-13-20(24)23-15-9-8-11-18(2)22;1-11(2,3)17-10(16)9(13-7-14)5-4-8(15)6-12;1-6(2)9(11)10-8-5-12-4-7(8)3/h18-19H,6-17,22H2,1-5H3,(H,23,24);6-7,9,12H,4-5H2,1-3H3,(H,13,14);6-8H,4-5H2,1-3H3,(H,10,11). The molecule has 1 fully saturated rings. The quantitative estimate of drug-likeness (QED) is 0.0267. The molecule has 14 heteroatoms. The van der Waals surface area contributed by atoms with Gasteiger partial charge in [0, 0.05) is 54.5 Å². The van der Waals surface area contributed by atoms with Crippen molar-refractivity contribution >= 4 is 59.7 Å². The second-order valence-corrected chi connectivity index (χ2v) is 19.3. The Hall–Kier alpha value is -2.16. The van der Waals surface area contributed by atoms with E-state index in [1.54, 1.807) is 20.8 Å². The zero-order chi connectivity index (χ0) is 42.5. The summed E-state index contributed by atoms with van der Waals surface area (Å²) in [4.78, 5) is 56.1. The number of thioether (sulfide) groups is 2. The first kappa shape index (κ1) is 54.9. The lowest BCUT2D eigenvalue weighted by molar-refractivity contribution is -0.158. The van der Waals surface area contributed by atoms with Gasteiger partial charge in [0.15, 0.2) is 5.78 Å².